The smallest absolute Gasteiger partial charge is 0.320 e. The molecule has 2 heterocycles. The van der Waals surface area contributed by atoms with Crippen LogP contribution in [0.2, 0.25) is 0 Å². The number of hydrogen-bond donors (Lipinski definition) is 0. The Labute approximate surface area is 323 Å². The zero-order chi connectivity index (χ0) is 38.9. The molecule has 0 amide bonds. The van der Waals surface area contributed by atoms with Gasteiger partial charge in [0.1, 0.15) is 13.2 Å². The molecule has 0 N–H and O–H groups in total. The number of fused-ring (bicyclic) bond motifs is 4. The van der Waals surface area contributed by atoms with Gasteiger partial charge in [0.25, 0.3) is 0 Å². The van der Waals surface area contributed by atoms with Crippen molar-refractivity contribution in [2.24, 2.45) is 11.8 Å². The minimum Gasteiger partial charge on any atom is -0.465 e. The highest BCUT2D eigenvalue weighted by Crippen LogP contribution is 2.28. The van der Waals surface area contributed by atoms with Gasteiger partial charge in [-0.05, 0) is 86.3 Å². The average molecular weight is 783 g/mol. The van der Waals surface area contributed by atoms with Crippen LogP contribution in [-0.2, 0) is 55.7 Å². The van der Waals surface area contributed by atoms with E-state index in [2.05, 4.69) is 0 Å². The van der Waals surface area contributed by atoms with Crippen LogP contribution in [0.4, 0.5) is 0 Å². The highest BCUT2D eigenvalue weighted by Gasteiger charge is 2.31. The molecule has 0 saturated carbocycles. The number of carbonyl (C=O) groups excluding carboxylic acids is 4. The second-order valence-corrected chi connectivity index (χ2v) is 14.6. The van der Waals surface area contributed by atoms with Crippen LogP contribution in [0, 0.1) is 11.8 Å². The Kier molecular flexibility index (Phi) is 13.0. The molecule has 13 heteroatoms. The quantitative estimate of drug-likeness (QED) is 0.0354. The molecular weight excluding hydrogens is 745 g/mol. The van der Waals surface area contributed by atoms with Crippen molar-refractivity contribution in [2.75, 3.05) is 39.6 Å². The molecule has 0 bridgehead atoms. The third-order valence-corrected chi connectivity index (χ3v) is 11.1. The predicted molar refractivity (Wildman–Crippen MR) is 212 cm³/mol. The van der Waals surface area contributed by atoms with Gasteiger partial charge in [0.2, 0.25) is 0 Å². The van der Waals surface area contributed by atoms with Gasteiger partial charge in [-0.2, -0.15) is 0 Å². The number of esters is 4. The van der Waals surface area contributed by atoms with Crippen LogP contribution in [0.3, 0.4) is 0 Å². The molecule has 55 heavy (non-hydrogen) atoms. The molecule has 4 aromatic carbocycles. The summed E-state index contributed by atoms with van der Waals surface area (Å²) in [6, 6.07) is 25.2. The Morgan fingerprint density at radius 1 is 0.491 bits per heavy atom. The van der Waals surface area contributed by atoms with Crippen molar-refractivity contribution in [3.8, 4) is 0 Å². The van der Waals surface area contributed by atoms with Crippen molar-refractivity contribution in [1.29, 1.82) is 0 Å². The van der Waals surface area contributed by atoms with E-state index in [9.17, 15) is 28.8 Å². The first-order valence-electron chi connectivity index (χ1n) is 17.8. The Morgan fingerprint density at radius 3 is 1.29 bits per heavy atom. The molecule has 0 radical (unpaired) electrons. The van der Waals surface area contributed by atoms with E-state index in [4.69, 9.17) is 23.7 Å². The van der Waals surface area contributed by atoms with E-state index >= 15 is 0 Å². The number of benzene rings is 4. The predicted octanol–water partition coefficient (Wildman–Crippen LogP) is 6.39. The Morgan fingerprint density at radius 2 is 0.873 bits per heavy atom. The third-order valence-electron chi connectivity index (χ3n) is 8.82. The first-order valence-corrected chi connectivity index (χ1v) is 19.4. The van der Waals surface area contributed by atoms with Crippen LogP contribution in [-0.4, -0.2) is 63.5 Å². The van der Waals surface area contributed by atoms with Crippen molar-refractivity contribution in [3.63, 3.8) is 0 Å². The highest BCUT2D eigenvalue weighted by atomic mass is 32.1. The molecule has 0 saturated heterocycles. The zero-order valence-corrected chi connectivity index (χ0v) is 31.8. The van der Waals surface area contributed by atoms with Gasteiger partial charge in [0.15, 0.2) is 22.7 Å². The van der Waals surface area contributed by atoms with Crippen molar-refractivity contribution in [3.05, 3.63) is 117 Å². The zero-order valence-electron chi connectivity index (χ0n) is 30.2. The van der Waals surface area contributed by atoms with Crippen LogP contribution in [0.15, 0.2) is 94.5 Å². The van der Waals surface area contributed by atoms with Crippen molar-refractivity contribution >= 4 is 86.9 Å². The molecule has 6 rings (SSSR count). The fourth-order valence-corrected chi connectivity index (χ4v) is 8.25. The van der Waals surface area contributed by atoms with Crippen LogP contribution >= 0.6 is 22.7 Å². The second-order valence-electron chi connectivity index (χ2n) is 12.5. The standard InChI is InChI=1S/C42H38O11S2/c1-3-50-39(45)31(23-25-13-15-35-29(21-25)37(43)27-9-5-7-11-33(27)54-35)41(47)52-19-17-49-18-20-53-42(48)32(40(46)51-4-2)24-26-14-16-36-30(22-26)38(44)28-10-6-8-12-34(28)55-36/h5-16,21-22,31-32H,3-4,17-20,23-24H2,1-2H3. The van der Waals surface area contributed by atoms with Gasteiger partial charge in [-0.3, -0.25) is 28.8 Å². The first-order chi connectivity index (χ1) is 26.7. The van der Waals surface area contributed by atoms with E-state index in [0.29, 0.717) is 32.7 Å². The number of ether oxygens (including phenoxy) is 5. The second kappa shape index (κ2) is 18.2. The van der Waals surface area contributed by atoms with Crippen LogP contribution in [0.5, 0.6) is 0 Å². The summed E-state index contributed by atoms with van der Waals surface area (Å²) in [5.74, 6) is -5.62. The largest absolute Gasteiger partial charge is 0.465 e. The van der Waals surface area contributed by atoms with Gasteiger partial charge in [0, 0.05) is 40.3 Å². The molecule has 6 aromatic rings. The molecule has 2 atom stereocenters. The van der Waals surface area contributed by atoms with Gasteiger partial charge in [-0.15, -0.1) is 22.7 Å². The van der Waals surface area contributed by atoms with E-state index in [0.717, 1.165) is 18.8 Å². The Hall–Kier alpha value is -5.50. The topological polar surface area (TPSA) is 149 Å². The Bertz CT molecular complexity index is 2330. The van der Waals surface area contributed by atoms with Crippen molar-refractivity contribution < 1.29 is 42.9 Å². The van der Waals surface area contributed by atoms with Gasteiger partial charge in [0.05, 0.1) is 26.4 Å². The molecule has 0 fully saturated rings. The van der Waals surface area contributed by atoms with Gasteiger partial charge < -0.3 is 23.7 Å². The molecule has 0 spiro atoms. The fraction of sp³-hybridized carbons (Fsp3) is 0.286. The summed E-state index contributed by atoms with van der Waals surface area (Å²) in [7, 11) is 0. The maximum Gasteiger partial charge on any atom is 0.320 e. The van der Waals surface area contributed by atoms with E-state index in [1.54, 1.807) is 74.5 Å². The molecular formula is C42H38O11S2. The molecule has 284 valence electrons. The highest BCUT2D eigenvalue weighted by molar-refractivity contribution is 7.24. The summed E-state index contributed by atoms with van der Waals surface area (Å²) in [5, 5.41) is 2.20. The summed E-state index contributed by atoms with van der Waals surface area (Å²) >= 11 is 2.97. The third kappa shape index (κ3) is 9.25. The van der Waals surface area contributed by atoms with Gasteiger partial charge >= 0.3 is 23.9 Å². The molecule has 0 aliphatic carbocycles. The lowest BCUT2D eigenvalue weighted by atomic mass is 9.98. The lowest BCUT2D eigenvalue weighted by Gasteiger charge is -2.16. The number of carbonyl (C=O) groups is 4. The summed E-state index contributed by atoms with van der Waals surface area (Å²) in [5.41, 5.74) is 0.954. The minimum atomic E-state index is -1.26. The van der Waals surface area contributed by atoms with Gasteiger partial charge in [-0.1, -0.05) is 36.4 Å². The first kappa shape index (κ1) is 39.2. The van der Waals surface area contributed by atoms with Crippen LogP contribution in [0.25, 0.3) is 40.3 Å². The van der Waals surface area contributed by atoms with Crippen LogP contribution < -0.4 is 10.9 Å². The van der Waals surface area contributed by atoms with E-state index in [1.165, 1.54) is 22.7 Å². The molecule has 11 nitrogen and oxygen atoms in total. The summed E-state index contributed by atoms with van der Waals surface area (Å²) in [4.78, 5) is 78.1. The summed E-state index contributed by atoms with van der Waals surface area (Å²) in [6.07, 6.45) is -0.0602. The summed E-state index contributed by atoms with van der Waals surface area (Å²) < 4.78 is 29.8. The van der Waals surface area contributed by atoms with Gasteiger partial charge in [-0.25, -0.2) is 0 Å². The Balaban J connectivity index is 1.01. The average Bonchev–Trinajstić information content (AvgIpc) is 3.19. The van der Waals surface area contributed by atoms with E-state index < -0.39 is 35.7 Å². The fourth-order valence-electron chi connectivity index (χ4n) is 6.14. The lowest BCUT2D eigenvalue weighted by molar-refractivity contribution is -0.163. The minimum absolute atomic E-state index is 0.0301. The lowest BCUT2D eigenvalue weighted by Crippen LogP contribution is -2.31. The molecule has 0 aliphatic heterocycles. The van der Waals surface area contributed by atoms with E-state index in [-0.39, 0.29) is 63.3 Å². The molecule has 2 unspecified atom stereocenters. The van der Waals surface area contributed by atoms with Crippen molar-refractivity contribution in [1.82, 2.24) is 0 Å². The maximum absolute atomic E-state index is 13.2. The monoisotopic (exact) mass is 782 g/mol. The molecule has 2 aromatic heterocycles. The van der Waals surface area contributed by atoms with Crippen LogP contribution in [0.1, 0.15) is 25.0 Å². The maximum atomic E-state index is 13.2. The normalized spacial score (nSPS) is 12.4. The number of rotatable bonds is 16. The SMILES string of the molecule is CCOC(=O)C(Cc1ccc2sc3ccccc3c(=O)c2c1)C(=O)OCCOCCOC(=O)C(Cc1ccc2sc3ccccc3c(=O)c2c1)C(=O)OCC. The van der Waals surface area contributed by atoms with E-state index in [1.807, 2.05) is 24.3 Å². The van der Waals surface area contributed by atoms with Crippen molar-refractivity contribution in [2.45, 2.75) is 26.7 Å². The molecule has 0 aliphatic rings. The number of hydrogen-bond acceptors (Lipinski definition) is 13. The summed E-state index contributed by atoms with van der Waals surface area (Å²) in [6.45, 7) is 2.90.